The number of allylic oxidation sites excluding steroid dienone is 1. The third kappa shape index (κ3) is 8.22. The number of hydrogen-bond acceptors (Lipinski definition) is 6. The number of hydrogen-bond donors (Lipinski definition) is 0. The van der Waals surface area contributed by atoms with Gasteiger partial charge in [-0.2, -0.15) is 0 Å². The van der Waals surface area contributed by atoms with Gasteiger partial charge in [0.25, 0.3) is 0 Å². The lowest BCUT2D eigenvalue weighted by molar-refractivity contribution is 1.64. The molecule has 0 radical (unpaired) electrons. The van der Waals surface area contributed by atoms with E-state index in [1.165, 1.54) is 58.5 Å². The Morgan fingerprint density at radius 1 is 0.368 bits per heavy atom. The van der Waals surface area contributed by atoms with Crippen LogP contribution in [0.15, 0.2) is 78.9 Å². The summed E-state index contributed by atoms with van der Waals surface area (Å²) < 4.78 is 0. The summed E-state index contributed by atoms with van der Waals surface area (Å²) in [7, 11) is 0. The van der Waals surface area contributed by atoms with E-state index in [0.29, 0.717) is 0 Å². The molecule has 0 bridgehead atoms. The van der Waals surface area contributed by atoms with Crippen molar-refractivity contribution in [2.24, 2.45) is 0 Å². The molecule has 0 aliphatic heterocycles. The van der Waals surface area contributed by atoms with E-state index in [1.807, 2.05) is 74.9 Å². The van der Waals surface area contributed by atoms with Gasteiger partial charge in [0.05, 0.1) is 0 Å². The molecule has 0 spiro atoms. The van der Waals surface area contributed by atoms with Crippen LogP contribution < -0.4 is 0 Å². The molecule has 0 amide bonds. The second-order valence-corrected chi connectivity index (χ2v) is 16.3. The molecule has 0 aliphatic rings. The third-order valence-corrected chi connectivity index (χ3v) is 12.0. The van der Waals surface area contributed by atoms with E-state index in [0.717, 1.165) is 0 Å². The molecule has 38 heavy (non-hydrogen) atoms. The van der Waals surface area contributed by atoms with Crippen molar-refractivity contribution in [2.75, 3.05) is 0 Å². The van der Waals surface area contributed by atoms with Gasteiger partial charge in [-0.1, -0.05) is 6.08 Å². The zero-order valence-electron chi connectivity index (χ0n) is 22.5. The number of aryl methyl sites for hydroxylation is 5. The highest BCUT2D eigenvalue weighted by Crippen LogP contribution is 2.39. The average Bonchev–Trinajstić information content (AvgIpc) is 3.70. The minimum Gasteiger partial charge on any atom is -0.141 e. The minimum absolute atomic E-state index is 1.34. The largest absolute Gasteiger partial charge is 0.141 e. The Kier molecular flexibility index (Phi) is 10.5. The van der Waals surface area contributed by atoms with Crippen LogP contribution in [0.1, 0.15) is 36.2 Å². The summed E-state index contributed by atoms with van der Waals surface area (Å²) in [6, 6.07) is 26.3. The molecule has 6 aromatic heterocycles. The van der Waals surface area contributed by atoms with Crippen molar-refractivity contribution in [1.29, 1.82) is 0 Å². The van der Waals surface area contributed by atoms with Crippen molar-refractivity contribution in [2.45, 2.75) is 41.5 Å². The van der Waals surface area contributed by atoms with Gasteiger partial charge in [0, 0.05) is 58.5 Å². The molecular formula is C32H32S6. The topological polar surface area (TPSA) is 0 Å². The van der Waals surface area contributed by atoms with Crippen LogP contribution in [0.2, 0.25) is 0 Å². The van der Waals surface area contributed by atoms with E-state index in [4.69, 9.17) is 0 Å². The highest BCUT2D eigenvalue weighted by molar-refractivity contribution is 7.26. The molecule has 6 rings (SSSR count). The summed E-state index contributed by atoms with van der Waals surface area (Å²) in [4.78, 5) is 16.6. The van der Waals surface area contributed by atoms with Crippen LogP contribution in [0.5, 0.6) is 0 Å². The summed E-state index contributed by atoms with van der Waals surface area (Å²) in [6.45, 7) is 12.8. The smallest absolute Gasteiger partial charge is 0.0449 e. The third-order valence-electron chi connectivity index (χ3n) is 5.39. The molecule has 6 heterocycles. The fraction of sp³-hybridized carbons (Fsp3) is 0.188. The van der Waals surface area contributed by atoms with Crippen LogP contribution in [0.3, 0.4) is 0 Å². The van der Waals surface area contributed by atoms with Crippen LogP contribution in [0, 0.1) is 34.6 Å². The molecule has 0 nitrogen and oxygen atoms in total. The van der Waals surface area contributed by atoms with Crippen molar-refractivity contribution < 1.29 is 0 Å². The van der Waals surface area contributed by atoms with Gasteiger partial charge >= 0.3 is 0 Å². The second-order valence-electron chi connectivity index (χ2n) is 8.75. The Morgan fingerprint density at radius 2 is 0.658 bits per heavy atom. The van der Waals surface area contributed by atoms with Crippen molar-refractivity contribution in [3.63, 3.8) is 0 Å². The maximum absolute atomic E-state index is 2.24. The van der Waals surface area contributed by atoms with Crippen molar-refractivity contribution in [3.8, 4) is 29.3 Å². The van der Waals surface area contributed by atoms with Gasteiger partial charge in [-0.15, -0.1) is 68.0 Å². The molecule has 0 atom stereocenters. The Balaban J connectivity index is 0.000000141. The van der Waals surface area contributed by atoms with Crippen molar-refractivity contribution >= 4 is 74.1 Å². The summed E-state index contributed by atoms with van der Waals surface area (Å²) in [5.41, 5.74) is 0. The lowest BCUT2D eigenvalue weighted by atomic mass is 10.3. The van der Waals surface area contributed by atoms with Crippen molar-refractivity contribution in [1.82, 2.24) is 0 Å². The molecule has 0 N–H and O–H groups in total. The van der Waals surface area contributed by atoms with Gasteiger partial charge in [-0.3, -0.25) is 0 Å². The highest BCUT2D eigenvalue weighted by atomic mass is 32.1. The molecule has 0 aliphatic carbocycles. The predicted molar refractivity (Wildman–Crippen MR) is 181 cm³/mol. The maximum Gasteiger partial charge on any atom is 0.0449 e. The van der Waals surface area contributed by atoms with E-state index in [-0.39, 0.29) is 0 Å². The lowest BCUT2D eigenvalue weighted by Crippen LogP contribution is -1.57. The maximum atomic E-state index is 2.24. The van der Waals surface area contributed by atoms with E-state index in [1.54, 1.807) is 0 Å². The molecular weight excluding hydrogens is 577 g/mol. The molecule has 0 fully saturated rings. The van der Waals surface area contributed by atoms with Gasteiger partial charge in [-0.05, 0) is 120 Å². The quantitative estimate of drug-likeness (QED) is 0.187. The number of thiophene rings is 6. The fourth-order valence-electron chi connectivity index (χ4n) is 3.58. The second kappa shape index (κ2) is 13.8. The summed E-state index contributed by atoms with van der Waals surface area (Å²) in [6.07, 6.45) is 4.18. The standard InChI is InChI=1S/C14H12S3.C10H10S2.C8H10S/c1-9-3-5-11(15-9)13-7-8-14(17-13)12-6-4-10(2)16-12;1-7-3-5-9(11-7)10-6-4-8(2)12-10;1-3-4-8-6-5-7(2)9-8/h3-8H,1-2H3;3-6H,1-2H3;3-6H,1-2H3/b;;4-3+. The van der Waals surface area contributed by atoms with Crippen LogP contribution in [-0.2, 0) is 0 Å². The molecule has 196 valence electrons. The first-order valence-corrected chi connectivity index (χ1v) is 17.3. The van der Waals surface area contributed by atoms with Gasteiger partial charge < -0.3 is 0 Å². The molecule has 0 unspecified atom stereocenters. The van der Waals surface area contributed by atoms with E-state index >= 15 is 0 Å². The Bertz CT molecular complexity index is 1500. The Labute approximate surface area is 251 Å². The van der Waals surface area contributed by atoms with Crippen molar-refractivity contribution in [3.05, 3.63) is 108 Å². The normalized spacial score (nSPS) is 10.8. The molecule has 6 heteroatoms. The first-order chi connectivity index (χ1) is 18.3. The molecule has 0 aromatic carbocycles. The fourth-order valence-corrected chi connectivity index (χ4v) is 9.17. The zero-order chi connectivity index (χ0) is 27.1. The van der Waals surface area contributed by atoms with E-state index in [9.17, 15) is 0 Å². The number of rotatable bonds is 4. The Hall–Kier alpha value is -2.06. The zero-order valence-corrected chi connectivity index (χ0v) is 27.4. The minimum atomic E-state index is 1.34. The predicted octanol–water partition coefficient (Wildman–Crippen LogP) is 13.0. The monoisotopic (exact) mass is 608 g/mol. The van der Waals surface area contributed by atoms with Crippen LogP contribution in [0.4, 0.5) is 0 Å². The molecule has 0 saturated carbocycles. The van der Waals surface area contributed by atoms with Gasteiger partial charge in [0.1, 0.15) is 0 Å². The SMILES string of the molecule is C/C=C/c1ccc(C)s1.Cc1ccc(-c2ccc(-c3ccc(C)s3)s2)s1.Cc1ccc(-c2ccc(C)s2)s1. The van der Waals surface area contributed by atoms with Gasteiger partial charge in [0.15, 0.2) is 0 Å². The average molecular weight is 609 g/mol. The van der Waals surface area contributed by atoms with Crippen LogP contribution in [-0.4, -0.2) is 0 Å². The summed E-state index contributed by atoms with van der Waals surface area (Å²) in [5.74, 6) is 0. The van der Waals surface area contributed by atoms with E-state index in [2.05, 4.69) is 120 Å². The summed E-state index contributed by atoms with van der Waals surface area (Å²) >= 11 is 11.2. The first-order valence-electron chi connectivity index (χ1n) is 12.4. The molecule has 6 aromatic rings. The van der Waals surface area contributed by atoms with Crippen LogP contribution in [0.25, 0.3) is 35.3 Å². The van der Waals surface area contributed by atoms with Gasteiger partial charge in [-0.25, -0.2) is 0 Å². The highest BCUT2D eigenvalue weighted by Gasteiger charge is 2.08. The lowest BCUT2D eigenvalue weighted by Gasteiger charge is -1.90. The van der Waals surface area contributed by atoms with E-state index < -0.39 is 0 Å². The first kappa shape index (κ1) is 28.9. The molecule has 0 saturated heterocycles. The van der Waals surface area contributed by atoms with Crippen LogP contribution >= 0.6 is 68.0 Å². The Morgan fingerprint density at radius 3 is 0.921 bits per heavy atom. The summed E-state index contributed by atoms with van der Waals surface area (Å²) in [5, 5.41) is 0. The van der Waals surface area contributed by atoms with Gasteiger partial charge in [0.2, 0.25) is 0 Å².